The molecule has 1 fully saturated rings. The van der Waals surface area contributed by atoms with Crippen LogP contribution < -0.4 is 5.32 Å². The van der Waals surface area contributed by atoms with E-state index in [1.807, 2.05) is 17.8 Å². The summed E-state index contributed by atoms with van der Waals surface area (Å²) in [6.07, 6.45) is 6.74. The third kappa shape index (κ3) is 1.79. The summed E-state index contributed by atoms with van der Waals surface area (Å²) < 4.78 is 1.95. The van der Waals surface area contributed by atoms with Crippen molar-refractivity contribution < 1.29 is 0 Å². The zero-order chi connectivity index (χ0) is 9.97. The Balaban J connectivity index is 2.19. The number of rotatable bonds is 2. The topological polar surface area (TPSA) is 29.9 Å². The highest BCUT2D eigenvalue weighted by Crippen LogP contribution is 2.30. The first-order valence-electron chi connectivity index (χ1n) is 5.19. The number of hydrogen-bond acceptors (Lipinski definition) is 2. The van der Waals surface area contributed by atoms with Crippen LogP contribution >= 0.6 is 11.6 Å². The van der Waals surface area contributed by atoms with E-state index in [9.17, 15) is 0 Å². The third-order valence-electron chi connectivity index (χ3n) is 3.04. The van der Waals surface area contributed by atoms with Crippen LogP contribution in [0.4, 0.5) is 0 Å². The van der Waals surface area contributed by atoms with Gasteiger partial charge < -0.3 is 5.32 Å². The molecule has 14 heavy (non-hydrogen) atoms. The lowest BCUT2D eigenvalue weighted by Gasteiger charge is -2.31. The van der Waals surface area contributed by atoms with Crippen molar-refractivity contribution in [1.82, 2.24) is 15.1 Å². The molecule has 1 heterocycles. The van der Waals surface area contributed by atoms with E-state index in [-0.39, 0.29) is 0 Å². The molecule has 4 heteroatoms. The van der Waals surface area contributed by atoms with Crippen LogP contribution in [0.2, 0.25) is 5.15 Å². The number of hydrogen-bond donors (Lipinski definition) is 1. The van der Waals surface area contributed by atoms with Crippen molar-refractivity contribution in [3.05, 3.63) is 17.4 Å². The van der Waals surface area contributed by atoms with Gasteiger partial charge in [0.1, 0.15) is 5.15 Å². The fourth-order valence-corrected chi connectivity index (χ4v) is 2.51. The maximum Gasteiger partial charge on any atom is 0.127 e. The molecule has 1 saturated carbocycles. The maximum atomic E-state index is 6.07. The van der Waals surface area contributed by atoms with Crippen LogP contribution in [0.3, 0.4) is 0 Å². The summed E-state index contributed by atoms with van der Waals surface area (Å²) in [4.78, 5) is 0. The van der Waals surface area contributed by atoms with Crippen molar-refractivity contribution >= 4 is 11.6 Å². The molecule has 0 bridgehead atoms. The monoisotopic (exact) mass is 213 g/mol. The minimum Gasteiger partial charge on any atom is -0.315 e. The zero-order valence-corrected chi connectivity index (χ0v) is 9.17. The van der Waals surface area contributed by atoms with Gasteiger partial charge in [0.15, 0.2) is 0 Å². The van der Waals surface area contributed by atoms with Crippen LogP contribution in [0.1, 0.15) is 31.7 Å². The normalized spacial score (nSPS) is 27.9. The Kier molecular flexibility index (Phi) is 3.08. The van der Waals surface area contributed by atoms with Crippen LogP contribution in [0, 0.1) is 0 Å². The fourth-order valence-electron chi connectivity index (χ4n) is 2.28. The molecule has 0 aliphatic heterocycles. The molecule has 0 aromatic carbocycles. The van der Waals surface area contributed by atoms with Crippen molar-refractivity contribution in [3.63, 3.8) is 0 Å². The first-order chi connectivity index (χ1) is 6.83. The first-order valence-corrected chi connectivity index (χ1v) is 5.57. The summed E-state index contributed by atoms with van der Waals surface area (Å²) in [7, 11) is 2.01. The lowest BCUT2D eigenvalue weighted by Crippen LogP contribution is -2.38. The molecule has 3 nitrogen and oxygen atoms in total. The molecule has 78 valence electrons. The molecule has 2 unspecified atom stereocenters. The van der Waals surface area contributed by atoms with Crippen LogP contribution in [0.25, 0.3) is 0 Å². The molecule has 0 amide bonds. The van der Waals surface area contributed by atoms with E-state index in [4.69, 9.17) is 11.6 Å². The molecule has 1 N–H and O–H groups in total. The standard InChI is InChI=1S/C10H16ClN3/c1-12-8-4-2-3-5-9(8)14-10(11)6-7-13-14/h6-9,12H,2-5H2,1H3. The van der Waals surface area contributed by atoms with E-state index in [1.54, 1.807) is 6.20 Å². The second kappa shape index (κ2) is 4.32. The number of likely N-dealkylation sites (N-methyl/N-ethyl adjacent to an activating group) is 1. The Morgan fingerprint density at radius 1 is 1.50 bits per heavy atom. The van der Waals surface area contributed by atoms with Crippen LogP contribution in [0.15, 0.2) is 12.3 Å². The van der Waals surface area contributed by atoms with Gasteiger partial charge in [-0.1, -0.05) is 24.4 Å². The molecule has 1 aromatic rings. The summed E-state index contributed by atoms with van der Waals surface area (Å²) in [6, 6.07) is 2.79. The van der Waals surface area contributed by atoms with E-state index in [1.165, 1.54) is 25.7 Å². The van der Waals surface area contributed by atoms with Crippen LogP contribution in [0.5, 0.6) is 0 Å². The molecule has 1 aliphatic carbocycles. The average molecular weight is 214 g/mol. The van der Waals surface area contributed by atoms with Crippen molar-refractivity contribution in [2.75, 3.05) is 7.05 Å². The van der Waals surface area contributed by atoms with Gasteiger partial charge in [-0.15, -0.1) is 0 Å². The van der Waals surface area contributed by atoms with Gasteiger partial charge >= 0.3 is 0 Å². The summed E-state index contributed by atoms with van der Waals surface area (Å²) in [5, 5.41) is 8.38. The Labute approximate surface area is 89.4 Å². The Morgan fingerprint density at radius 3 is 2.93 bits per heavy atom. The Bertz CT molecular complexity index is 297. The number of nitrogens with one attached hydrogen (secondary N) is 1. The van der Waals surface area contributed by atoms with E-state index in [0.717, 1.165) is 5.15 Å². The highest BCUT2D eigenvalue weighted by Gasteiger charge is 2.26. The number of aromatic nitrogens is 2. The minimum absolute atomic E-state index is 0.427. The SMILES string of the molecule is CNC1CCCCC1n1nccc1Cl. The lowest BCUT2D eigenvalue weighted by atomic mass is 9.90. The van der Waals surface area contributed by atoms with Crippen molar-refractivity contribution in [2.24, 2.45) is 0 Å². The van der Waals surface area contributed by atoms with Gasteiger partial charge in [0, 0.05) is 6.04 Å². The predicted molar refractivity (Wildman–Crippen MR) is 57.6 cm³/mol. The van der Waals surface area contributed by atoms with E-state index < -0.39 is 0 Å². The summed E-state index contributed by atoms with van der Waals surface area (Å²) in [5.41, 5.74) is 0. The molecular formula is C10H16ClN3. The molecule has 1 aliphatic rings. The average Bonchev–Trinajstić information content (AvgIpc) is 2.64. The van der Waals surface area contributed by atoms with E-state index >= 15 is 0 Å². The minimum atomic E-state index is 0.427. The third-order valence-corrected chi connectivity index (χ3v) is 3.34. The summed E-state index contributed by atoms with van der Waals surface area (Å²) >= 11 is 6.07. The lowest BCUT2D eigenvalue weighted by molar-refractivity contribution is 0.257. The van der Waals surface area contributed by atoms with Gasteiger partial charge in [-0.3, -0.25) is 0 Å². The van der Waals surface area contributed by atoms with Crippen molar-refractivity contribution in [2.45, 2.75) is 37.8 Å². The first kappa shape index (κ1) is 9.99. The maximum absolute atomic E-state index is 6.07. The van der Waals surface area contributed by atoms with Gasteiger partial charge in [0.25, 0.3) is 0 Å². The van der Waals surface area contributed by atoms with Gasteiger partial charge in [0.05, 0.1) is 12.2 Å². The van der Waals surface area contributed by atoms with Crippen molar-refractivity contribution in [3.8, 4) is 0 Å². The molecule has 0 radical (unpaired) electrons. The number of halogens is 1. The Hall–Kier alpha value is -0.540. The second-order valence-corrected chi connectivity index (χ2v) is 4.23. The van der Waals surface area contributed by atoms with Gasteiger partial charge in [-0.05, 0) is 26.0 Å². The number of nitrogens with zero attached hydrogens (tertiary/aromatic N) is 2. The highest BCUT2D eigenvalue weighted by atomic mass is 35.5. The summed E-state index contributed by atoms with van der Waals surface area (Å²) in [5.74, 6) is 0. The quantitative estimate of drug-likeness (QED) is 0.817. The molecule has 2 atom stereocenters. The van der Waals surface area contributed by atoms with E-state index in [2.05, 4.69) is 10.4 Å². The molecule has 0 saturated heterocycles. The molecule has 0 spiro atoms. The molecule has 2 rings (SSSR count). The van der Waals surface area contributed by atoms with E-state index in [0.29, 0.717) is 12.1 Å². The van der Waals surface area contributed by atoms with Crippen LogP contribution in [-0.2, 0) is 0 Å². The van der Waals surface area contributed by atoms with Crippen LogP contribution in [-0.4, -0.2) is 22.9 Å². The zero-order valence-electron chi connectivity index (χ0n) is 8.41. The molecular weight excluding hydrogens is 198 g/mol. The highest BCUT2D eigenvalue weighted by molar-refractivity contribution is 6.29. The van der Waals surface area contributed by atoms with Gasteiger partial charge in [-0.25, -0.2) is 4.68 Å². The largest absolute Gasteiger partial charge is 0.315 e. The second-order valence-electron chi connectivity index (χ2n) is 3.85. The smallest absolute Gasteiger partial charge is 0.127 e. The fraction of sp³-hybridized carbons (Fsp3) is 0.700. The van der Waals surface area contributed by atoms with Gasteiger partial charge in [0.2, 0.25) is 0 Å². The Morgan fingerprint density at radius 2 is 2.29 bits per heavy atom. The summed E-state index contributed by atoms with van der Waals surface area (Å²) in [6.45, 7) is 0. The van der Waals surface area contributed by atoms with Crippen molar-refractivity contribution in [1.29, 1.82) is 0 Å². The predicted octanol–water partition coefficient (Wildman–Crippen LogP) is 2.24. The van der Waals surface area contributed by atoms with Gasteiger partial charge in [-0.2, -0.15) is 5.10 Å². The molecule has 1 aromatic heterocycles.